The van der Waals surface area contributed by atoms with Gasteiger partial charge in [0.2, 0.25) is 5.91 Å². The molecule has 0 spiro atoms. The monoisotopic (exact) mass is 263 g/mol. The fraction of sp³-hybridized carbons (Fsp3) is 0.467. The Morgan fingerprint density at radius 2 is 1.79 bits per heavy atom. The standard InChI is InChI=1S/C15H21NO3/c1-9-6-5-7-13(8-9)12(4)16-14(17)10(2)11(3)15(18)19/h5-8,10-12H,1-4H3,(H,16,17)(H,18,19)/t10?,11?,12-/m1/s1. The number of carboxylic acids is 1. The predicted molar refractivity (Wildman–Crippen MR) is 73.7 cm³/mol. The number of carbonyl (C=O) groups excluding carboxylic acids is 1. The summed E-state index contributed by atoms with van der Waals surface area (Å²) in [6, 6.07) is 7.76. The molecule has 0 fully saturated rings. The topological polar surface area (TPSA) is 66.4 Å². The molecule has 0 aliphatic heterocycles. The van der Waals surface area contributed by atoms with Gasteiger partial charge in [0.1, 0.15) is 0 Å². The van der Waals surface area contributed by atoms with Crippen molar-refractivity contribution in [3.8, 4) is 0 Å². The number of aryl methyl sites for hydroxylation is 1. The summed E-state index contributed by atoms with van der Waals surface area (Å²) in [6.07, 6.45) is 0. The molecule has 1 rings (SSSR count). The van der Waals surface area contributed by atoms with Gasteiger partial charge in [-0.2, -0.15) is 0 Å². The largest absolute Gasteiger partial charge is 0.481 e. The summed E-state index contributed by atoms with van der Waals surface area (Å²) < 4.78 is 0. The maximum Gasteiger partial charge on any atom is 0.307 e. The number of aliphatic carboxylic acids is 1. The van der Waals surface area contributed by atoms with Crippen molar-refractivity contribution >= 4 is 11.9 Å². The maximum atomic E-state index is 12.0. The lowest BCUT2D eigenvalue weighted by Crippen LogP contribution is -2.36. The van der Waals surface area contributed by atoms with Gasteiger partial charge in [0.05, 0.1) is 12.0 Å². The highest BCUT2D eigenvalue weighted by molar-refractivity contribution is 5.84. The van der Waals surface area contributed by atoms with Crippen molar-refractivity contribution in [2.24, 2.45) is 11.8 Å². The first kappa shape index (κ1) is 15.2. The highest BCUT2D eigenvalue weighted by atomic mass is 16.4. The van der Waals surface area contributed by atoms with Crippen LogP contribution in [0.1, 0.15) is 37.9 Å². The Labute approximate surface area is 113 Å². The van der Waals surface area contributed by atoms with Gasteiger partial charge in [0.15, 0.2) is 0 Å². The van der Waals surface area contributed by atoms with Crippen LogP contribution in [0.4, 0.5) is 0 Å². The normalized spacial score (nSPS) is 15.4. The minimum absolute atomic E-state index is 0.129. The second-order valence-corrected chi connectivity index (χ2v) is 5.06. The third kappa shape index (κ3) is 4.09. The quantitative estimate of drug-likeness (QED) is 0.858. The van der Waals surface area contributed by atoms with E-state index in [0.29, 0.717) is 0 Å². The Kier molecular flexibility index (Phi) is 5.10. The van der Waals surface area contributed by atoms with Crippen LogP contribution in [0.25, 0.3) is 0 Å². The Balaban J connectivity index is 2.69. The number of hydrogen-bond donors (Lipinski definition) is 2. The molecule has 3 atom stereocenters. The molecule has 0 aliphatic rings. The van der Waals surface area contributed by atoms with E-state index in [4.69, 9.17) is 5.11 Å². The molecule has 0 aromatic heterocycles. The van der Waals surface area contributed by atoms with E-state index in [9.17, 15) is 9.59 Å². The zero-order chi connectivity index (χ0) is 14.6. The Bertz CT molecular complexity index is 470. The van der Waals surface area contributed by atoms with Gasteiger partial charge in [-0.25, -0.2) is 0 Å². The van der Waals surface area contributed by atoms with Crippen LogP contribution in [0, 0.1) is 18.8 Å². The number of amides is 1. The summed E-state index contributed by atoms with van der Waals surface area (Å²) in [4.78, 5) is 22.8. The molecule has 104 valence electrons. The van der Waals surface area contributed by atoms with Crippen LogP contribution in [-0.4, -0.2) is 17.0 Å². The van der Waals surface area contributed by atoms with Gasteiger partial charge in [0, 0.05) is 5.92 Å². The summed E-state index contributed by atoms with van der Waals surface area (Å²) in [5.74, 6) is -2.43. The zero-order valence-electron chi connectivity index (χ0n) is 11.8. The fourth-order valence-corrected chi connectivity index (χ4v) is 1.81. The van der Waals surface area contributed by atoms with Crippen LogP contribution in [0.2, 0.25) is 0 Å². The van der Waals surface area contributed by atoms with E-state index in [1.807, 2.05) is 38.1 Å². The number of carbonyl (C=O) groups is 2. The molecule has 1 amide bonds. The van der Waals surface area contributed by atoms with Crippen LogP contribution in [0.15, 0.2) is 24.3 Å². The van der Waals surface area contributed by atoms with E-state index in [0.717, 1.165) is 11.1 Å². The predicted octanol–water partition coefficient (Wildman–Crippen LogP) is 2.53. The molecule has 19 heavy (non-hydrogen) atoms. The van der Waals surface area contributed by atoms with Crippen molar-refractivity contribution in [3.63, 3.8) is 0 Å². The summed E-state index contributed by atoms with van der Waals surface area (Å²) in [5.41, 5.74) is 2.15. The summed E-state index contributed by atoms with van der Waals surface area (Å²) in [7, 11) is 0. The van der Waals surface area contributed by atoms with E-state index in [2.05, 4.69) is 5.32 Å². The Morgan fingerprint density at radius 3 is 2.32 bits per heavy atom. The van der Waals surface area contributed by atoms with Gasteiger partial charge in [-0.15, -0.1) is 0 Å². The summed E-state index contributed by atoms with van der Waals surface area (Å²) in [5, 5.41) is 11.8. The van der Waals surface area contributed by atoms with Crippen LogP contribution in [-0.2, 0) is 9.59 Å². The smallest absolute Gasteiger partial charge is 0.307 e. The van der Waals surface area contributed by atoms with Gasteiger partial charge >= 0.3 is 5.97 Å². The summed E-state index contributed by atoms with van der Waals surface area (Å²) in [6.45, 7) is 7.07. The molecule has 0 radical (unpaired) electrons. The van der Waals surface area contributed by atoms with Crippen molar-refractivity contribution in [3.05, 3.63) is 35.4 Å². The minimum atomic E-state index is -0.953. The molecule has 1 aromatic rings. The molecular formula is C15H21NO3. The van der Waals surface area contributed by atoms with Crippen molar-refractivity contribution < 1.29 is 14.7 Å². The lowest BCUT2D eigenvalue weighted by Gasteiger charge is -2.20. The number of rotatable bonds is 5. The first-order valence-electron chi connectivity index (χ1n) is 6.42. The molecule has 0 saturated heterocycles. The van der Waals surface area contributed by atoms with Crippen molar-refractivity contribution in [2.45, 2.75) is 33.7 Å². The fourth-order valence-electron chi connectivity index (χ4n) is 1.81. The SMILES string of the molecule is Cc1cccc([C@@H](C)NC(=O)C(C)C(C)C(=O)O)c1. The lowest BCUT2D eigenvalue weighted by molar-refractivity contribution is -0.146. The van der Waals surface area contributed by atoms with E-state index in [-0.39, 0.29) is 11.9 Å². The molecule has 0 aliphatic carbocycles. The van der Waals surface area contributed by atoms with E-state index >= 15 is 0 Å². The van der Waals surface area contributed by atoms with Gasteiger partial charge in [-0.1, -0.05) is 43.7 Å². The molecule has 4 nitrogen and oxygen atoms in total. The summed E-state index contributed by atoms with van der Waals surface area (Å²) >= 11 is 0. The van der Waals surface area contributed by atoms with Gasteiger partial charge in [0.25, 0.3) is 0 Å². The number of carboxylic acid groups (broad SMARTS) is 1. The van der Waals surface area contributed by atoms with E-state index in [1.165, 1.54) is 0 Å². The average molecular weight is 263 g/mol. The molecule has 1 aromatic carbocycles. The van der Waals surface area contributed by atoms with Crippen LogP contribution >= 0.6 is 0 Å². The Hall–Kier alpha value is -1.84. The van der Waals surface area contributed by atoms with E-state index < -0.39 is 17.8 Å². The number of benzene rings is 1. The first-order chi connectivity index (χ1) is 8.82. The van der Waals surface area contributed by atoms with Crippen molar-refractivity contribution in [1.82, 2.24) is 5.32 Å². The molecule has 4 heteroatoms. The molecule has 0 saturated carbocycles. The van der Waals surface area contributed by atoms with Crippen LogP contribution in [0.3, 0.4) is 0 Å². The average Bonchev–Trinajstić information content (AvgIpc) is 2.36. The second-order valence-electron chi connectivity index (χ2n) is 5.06. The van der Waals surface area contributed by atoms with Crippen molar-refractivity contribution in [2.75, 3.05) is 0 Å². The lowest BCUT2D eigenvalue weighted by atomic mass is 9.94. The Morgan fingerprint density at radius 1 is 1.16 bits per heavy atom. The second kappa shape index (κ2) is 6.36. The van der Waals surface area contributed by atoms with Crippen molar-refractivity contribution in [1.29, 1.82) is 0 Å². The molecule has 0 bridgehead atoms. The van der Waals surface area contributed by atoms with Gasteiger partial charge in [-0.3, -0.25) is 9.59 Å². The number of hydrogen-bond acceptors (Lipinski definition) is 2. The molecular weight excluding hydrogens is 242 g/mol. The third-order valence-electron chi connectivity index (χ3n) is 3.45. The minimum Gasteiger partial charge on any atom is -0.481 e. The highest BCUT2D eigenvalue weighted by Crippen LogP contribution is 2.17. The van der Waals surface area contributed by atoms with Crippen LogP contribution < -0.4 is 5.32 Å². The zero-order valence-corrected chi connectivity index (χ0v) is 11.8. The van der Waals surface area contributed by atoms with Crippen LogP contribution in [0.5, 0.6) is 0 Å². The third-order valence-corrected chi connectivity index (χ3v) is 3.45. The highest BCUT2D eigenvalue weighted by Gasteiger charge is 2.26. The maximum absolute atomic E-state index is 12.0. The van der Waals surface area contributed by atoms with Gasteiger partial charge in [-0.05, 0) is 19.4 Å². The molecule has 0 heterocycles. The first-order valence-corrected chi connectivity index (χ1v) is 6.42. The molecule has 2 N–H and O–H groups in total. The van der Waals surface area contributed by atoms with E-state index in [1.54, 1.807) is 13.8 Å². The number of nitrogens with one attached hydrogen (secondary N) is 1. The molecule has 2 unspecified atom stereocenters. The van der Waals surface area contributed by atoms with Gasteiger partial charge < -0.3 is 10.4 Å².